The van der Waals surface area contributed by atoms with Crippen molar-refractivity contribution >= 4 is 11.8 Å². The molecule has 0 aromatic carbocycles. The lowest BCUT2D eigenvalue weighted by Gasteiger charge is -2.17. The van der Waals surface area contributed by atoms with Crippen molar-refractivity contribution in [3.8, 4) is 0 Å². The summed E-state index contributed by atoms with van der Waals surface area (Å²) in [5.74, 6) is -0.786. The van der Waals surface area contributed by atoms with Gasteiger partial charge in [0.2, 0.25) is 0 Å². The maximum absolute atomic E-state index is 11.1. The molecule has 1 atom stereocenters. The van der Waals surface area contributed by atoms with E-state index in [0.29, 0.717) is 12.8 Å². The van der Waals surface area contributed by atoms with Crippen molar-refractivity contribution < 1.29 is 14.3 Å². The Morgan fingerprint density at radius 2 is 2.27 bits per heavy atom. The smallest absolute Gasteiger partial charge is 0.316 e. The summed E-state index contributed by atoms with van der Waals surface area (Å²) in [6.45, 7) is 0. The lowest BCUT2D eigenvalue weighted by molar-refractivity contribution is -0.150. The number of rotatable bonds is 1. The minimum Gasteiger partial charge on any atom is -0.468 e. The third-order valence-corrected chi connectivity index (χ3v) is 2.04. The van der Waals surface area contributed by atoms with E-state index >= 15 is 0 Å². The largest absolute Gasteiger partial charge is 0.468 e. The molecule has 0 heterocycles. The van der Waals surface area contributed by atoms with Crippen LogP contribution in [-0.2, 0) is 14.3 Å². The van der Waals surface area contributed by atoms with Crippen molar-refractivity contribution in [2.75, 3.05) is 7.11 Å². The minimum atomic E-state index is -0.464. The first-order chi connectivity index (χ1) is 5.25. The topological polar surface area (TPSA) is 43.4 Å². The third kappa shape index (κ3) is 1.79. The number of ether oxygens (including phenoxy) is 1. The highest BCUT2D eigenvalue weighted by Crippen LogP contribution is 2.21. The number of hydrogen-bond acceptors (Lipinski definition) is 3. The van der Waals surface area contributed by atoms with Crippen LogP contribution in [0.3, 0.4) is 0 Å². The van der Waals surface area contributed by atoms with Gasteiger partial charge in [-0.15, -0.1) is 0 Å². The lowest BCUT2D eigenvalue weighted by Crippen LogP contribution is -2.27. The zero-order valence-electron chi connectivity index (χ0n) is 6.63. The molecule has 3 heteroatoms. The Hall–Kier alpha value is -0.860. The van der Waals surface area contributed by atoms with Gasteiger partial charge in [0.15, 0.2) is 0 Å². The molecule has 0 spiro atoms. The highest BCUT2D eigenvalue weighted by atomic mass is 16.5. The normalized spacial score (nSPS) is 24.8. The highest BCUT2D eigenvalue weighted by Gasteiger charge is 2.29. The summed E-state index contributed by atoms with van der Waals surface area (Å²) >= 11 is 0. The van der Waals surface area contributed by atoms with Gasteiger partial charge in [-0.2, -0.15) is 0 Å². The van der Waals surface area contributed by atoms with E-state index in [2.05, 4.69) is 4.74 Å². The van der Waals surface area contributed by atoms with Crippen LogP contribution in [0.15, 0.2) is 0 Å². The molecular formula is C8H12O3. The quantitative estimate of drug-likeness (QED) is 0.419. The number of hydrogen-bond donors (Lipinski definition) is 0. The first-order valence-electron chi connectivity index (χ1n) is 3.86. The Kier molecular flexibility index (Phi) is 2.63. The summed E-state index contributed by atoms with van der Waals surface area (Å²) in [6.07, 6.45) is 3.10. The fourth-order valence-corrected chi connectivity index (χ4v) is 1.37. The highest BCUT2D eigenvalue weighted by molar-refractivity contribution is 5.99. The van der Waals surface area contributed by atoms with E-state index in [-0.39, 0.29) is 11.8 Å². The number of carbonyl (C=O) groups is 2. The van der Waals surface area contributed by atoms with Gasteiger partial charge in [-0.1, -0.05) is 6.42 Å². The SMILES string of the molecule is COC(=O)[C@@H]1CCCCC1=O. The van der Waals surface area contributed by atoms with Crippen LogP contribution in [0.2, 0.25) is 0 Å². The third-order valence-electron chi connectivity index (χ3n) is 2.04. The first-order valence-corrected chi connectivity index (χ1v) is 3.86. The molecule has 0 radical (unpaired) electrons. The van der Waals surface area contributed by atoms with Crippen LogP contribution in [0, 0.1) is 5.92 Å². The second-order valence-corrected chi connectivity index (χ2v) is 2.79. The summed E-state index contributed by atoms with van der Waals surface area (Å²) in [6, 6.07) is 0. The zero-order valence-corrected chi connectivity index (χ0v) is 6.63. The van der Waals surface area contributed by atoms with E-state index in [1.165, 1.54) is 7.11 Å². The summed E-state index contributed by atoms with van der Waals surface area (Å²) in [4.78, 5) is 22.0. The van der Waals surface area contributed by atoms with Crippen LogP contribution < -0.4 is 0 Å². The van der Waals surface area contributed by atoms with Gasteiger partial charge in [0.1, 0.15) is 11.7 Å². The van der Waals surface area contributed by atoms with Crippen LogP contribution in [0.4, 0.5) is 0 Å². The molecule has 3 nitrogen and oxygen atoms in total. The molecule has 0 aromatic rings. The lowest BCUT2D eigenvalue weighted by atomic mass is 9.88. The van der Waals surface area contributed by atoms with Crippen molar-refractivity contribution in [2.45, 2.75) is 25.7 Å². The molecule has 1 aliphatic carbocycles. The maximum atomic E-state index is 11.1. The Labute approximate surface area is 65.7 Å². The monoisotopic (exact) mass is 156 g/mol. The van der Waals surface area contributed by atoms with E-state index in [1.54, 1.807) is 0 Å². The van der Waals surface area contributed by atoms with Crippen molar-refractivity contribution in [3.05, 3.63) is 0 Å². The Morgan fingerprint density at radius 1 is 1.55 bits per heavy atom. The van der Waals surface area contributed by atoms with E-state index in [0.717, 1.165) is 12.8 Å². The fourth-order valence-electron chi connectivity index (χ4n) is 1.37. The minimum absolute atomic E-state index is 0.0445. The summed E-state index contributed by atoms with van der Waals surface area (Å²) < 4.78 is 4.50. The number of ketones is 1. The molecular weight excluding hydrogens is 144 g/mol. The van der Waals surface area contributed by atoms with Crippen LogP contribution >= 0.6 is 0 Å². The molecule has 0 unspecified atom stereocenters. The molecule has 1 rings (SSSR count). The van der Waals surface area contributed by atoms with Gasteiger partial charge in [0.05, 0.1) is 7.11 Å². The van der Waals surface area contributed by atoms with E-state index in [9.17, 15) is 9.59 Å². The summed E-state index contributed by atoms with van der Waals surface area (Å²) in [5.41, 5.74) is 0. The van der Waals surface area contributed by atoms with Crippen molar-refractivity contribution in [1.82, 2.24) is 0 Å². The molecule has 1 saturated carbocycles. The second kappa shape index (κ2) is 3.51. The molecule has 1 fully saturated rings. The molecule has 11 heavy (non-hydrogen) atoms. The van der Waals surface area contributed by atoms with E-state index < -0.39 is 5.92 Å². The van der Waals surface area contributed by atoms with Crippen molar-refractivity contribution in [1.29, 1.82) is 0 Å². The average molecular weight is 156 g/mol. The van der Waals surface area contributed by atoms with Crippen LogP contribution in [0.5, 0.6) is 0 Å². The first kappa shape index (κ1) is 8.24. The molecule has 0 bridgehead atoms. The molecule has 0 aliphatic heterocycles. The Bertz CT molecular complexity index is 166. The Balaban J connectivity index is 2.54. The number of esters is 1. The zero-order chi connectivity index (χ0) is 8.27. The molecule has 0 aromatic heterocycles. The van der Waals surface area contributed by atoms with Crippen molar-refractivity contribution in [2.24, 2.45) is 5.92 Å². The molecule has 1 aliphatic rings. The molecule has 0 amide bonds. The van der Waals surface area contributed by atoms with Gasteiger partial charge in [0.25, 0.3) is 0 Å². The van der Waals surface area contributed by atoms with Gasteiger partial charge in [0, 0.05) is 6.42 Å². The van der Waals surface area contributed by atoms with E-state index in [1.807, 2.05) is 0 Å². The average Bonchev–Trinajstić information content (AvgIpc) is 2.04. The van der Waals surface area contributed by atoms with Gasteiger partial charge < -0.3 is 4.74 Å². The Morgan fingerprint density at radius 3 is 2.82 bits per heavy atom. The van der Waals surface area contributed by atoms with Crippen LogP contribution in [0.1, 0.15) is 25.7 Å². The van der Waals surface area contributed by atoms with Crippen molar-refractivity contribution in [3.63, 3.8) is 0 Å². The van der Waals surface area contributed by atoms with E-state index in [4.69, 9.17) is 0 Å². The van der Waals surface area contributed by atoms with Gasteiger partial charge >= 0.3 is 5.97 Å². The molecule has 0 N–H and O–H groups in total. The molecule has 0 saturated heterocycles. The number of methoxy groups -OCH3 is 1. The fraction of sp³-hybridized carbons (Fsp3) is 0.750. The molecule has 62 valence electrons. The second-order valence-electron chi connectivity index (χ2n) is 2.79. The predicted octanol–water partition coefficient (Wildman–Crippen LogP) is 0.919. The van der Waals surface area contributed by atoms with Gasteiger partial charge in [-0.05, 0) is 12.8 Å². The number of Topliss-reactive ketones (excluding diaryl/α,β-unsaturated/α-hetero) is 1. The van der Waals surface area contributed by atoms with Crippen LogP contribution in [0.25, 0.3) is 0 Å². The predicted molar refractivity (Wildman–Crippen MR) is 39.0 cm³/mol. The van der Waals surface area contributed by atoms with Gasteiger partial charge in [-0.25, -0.2) is 0 Å². The standard InChI is InChI=1S/C8H12O3/c1-11-8(10)6-4-2-3-5-7(6)9/h6H,2-5H2,1H3/t6-/m1/s1. The number of carbonyl (C=O) groups excluding carboxylic acids is 2. The summed E-state index contributed by atoms with van der Waals surface area (Å²) in [7, 11) is 1.32. The summed E-state index contributed by atoms with van der Waals surface area (Å²) in [5, 5.41) is 0. The van der Waals surface area contributed by atoms with Gasteiger partial charge in [-0.3, -0.25) is 9.59 Å². The maximum Gasteiger partial charge on any atom is 0.316 e. The van der Waals surface area contributed by atoms with Crippen LogP contribution in [-0.4, -0.2) is 18.9 Å².